The van der Waals surface area contributed by atoms with Crippen molar-refractivity contribution in [3.63, 3.8) is 0 Å². The van der Waals surface area contributed by atoms with Crippen molar-refractivity contribution in [3.05, 3.63) is 11.9 Å². The maximum Gasteiger partial charge on any atom is 0.240 e. The van der Waals surface area contributed by atoms with Gasteiger partial charge in [0.1, 0.15) is 24.0 Å². The second kappa shape index (κ2) is 6.54. The average molecular weight is 277 g/mol. The molecule has 1 aliphatic heterocycles. The lowest BCUT2D eigenvalue weighted by Crippen LogP contribution is -2.48. The lowest BCUT2D eigenvalue weighted by Gasteiger charge is -2.35. The van der Waals surface area contributed by atoms with Gasteiger partial charge in [0.05, 0.1) is 0 Å². The molecule has 1 aromatic rings. The van der Waals surface area contributed by atoms with Crippen molar-refractivity contribution < 1.29 is 4.79 Å². The van der Waals surface area contributed by atoms with E-state index in [1.165, 1.54) is 0 Å². The molecular weight excluding hydrogens is 254 g/mol. The third-order valence-corrected chi connectivity index (χ3v) is 3.76. The first-order valence-corrected chi connectivity index (χ1v) is 7.26. The van der Waals surface area contributed by atoms with Crippen molar-refractivity contribution in [2.75, 3.05) is 23.8 Å². The van der Waals surface area contributed by atoms with Crippen LogP contribution in [0.2, 0.25) is 0 Å². The summed E-state index contributed by atoms with van der Waals surface area (Å²) in [5.74, 6) is 1.43. The third kappa shape index (κ3) is 2.84. The summed E-state index contributed by atoms with van der Waals surface area (Å²) in [4.78, 5) is 22.4. The first kappa shape index (κ1) is 14.6. The SMILES string of the molecule is CCCc1c(NC)ncnc1N1CCCCC1C(N)=O. The quantitative estimate of drug-likeness (QED) is 0.848. The predicted octanol–water partition coefficient (Wildman–Crippen LogP) is 1.31. The molecule has 1 saturated heterocycles. The molecular formula is C14H23N5O. The van der Waals surface area contributed by atoms with E-state index in [1.54, 1.807) is 6.33 Å². The van der Waals surface area contributed by atoms with Crippen molar-refractivity contribution in [1.82, 2.24) is 9.97 Å². The number of piperidine rings is 1. The van der Waals surface area contributed by atoms with Gasteiger partial charge in [-0.2, -0.15) is 0 Å². The van der Waals surface area contributed by atoms with Crippen LogP contribution in [0.1, 0.15) is 38.2 Å². The highest BCUT2D eigenvalue weighted by molar-refractivity contribution is 5.84. The van der Waals surface area contributed by atoms with Gasteiger partial charge >= 0.3 is 0 Å². The minimum absolute atomic E-state index is 0.251. The first-order chi connectivity index (χ1) is 9.69. The normalized spacial score (nSPS) is 18.9. The standard InChI is InChI=1S/C14H23N5O/c1-3-6-10-13(16-2)17-9-18-14(10)19-8-5-4-7-11(19)12(15)20/h9,11H,3-8H2,1-2H3,(H2,15,20)(H,16,17,18). The molecule has 1 unspecified atom stereocenters. The Morgan fingerprint density at radius 3 is 2.95 bits per heavy atom. The van der Waals surface area contributed by atoms with Crippen LogP contribution in [0.3, 0.4) is 0 Å². The molecule has 3 N–H and O–H groups in total. The van der Waals surface area contributed by atoms with Crippen molar-refractivity contribution >= 4 is 17.5 Å². The van der Waals surface area contributed by atoms with Crippen LogP contribution in [0.4, 0.5) is 11.6 Å². The molecule has 0 aromatic carbocycles. The Hall–Kier alpha value is -1.85. The number of nitrogens with zero attached hydrogens (tertiary/aromatic N) is 3. The lowest BCUT2D eigenvalue weighted by atomic mass is 10.00. The zero-order valence-corrected chi connectivity index (χ0v) is 12.2. The highest BCUT2D eigenvalue weighted by Crippen LogP contribution is 2.29. The van der Waals surface area contributed by atoms with E-state index in [2.05, 4.69) is 27.1 Å². The van der Waals surface area contributed by atoms with Crippen molar-refractivity contribution in [1.29, 1.82) is 0 Å². The molecule has 0 radical (unpaired) electrons. The Morgan fingerprint density at radius 2 is 2.30 bits per heavy atom. The maximum atomic E-state index is 11.7. The zero-order chi connectivity index (χ0) is 14.5. The number of anilines is 2. The molecule has 0 bridgehead atoms. The topological polar surface area (TPSA) is 84.1 Å². The molecule has 1 atom stereocenters. The fourth-order valence-electron chi connectivity index (χ4n) is 2.83. The number of hydrogen-bond donors (Lipinski definition) is 2. The van der Waals surface area contributed by atoms with E-state index in [4.69, 9.17) is 5.73 Å². The molecule has 0 aliphatic carbocycles. The summed E-state index contributed by atoms with van der Waals surface area (Å²) in [6, 6.07) is -0.251. The van der Waals surface area contributed by atoms with E-state index in [-0.39, 0.29) is 11.9 Å². The summed E-state index contributed by atoms with van der Waals surface area (Å²) in [5.41, 5.74) is 6.62. The number of carbonyl (C=O) groups is 1. The predicted molar refractivity (Wildman–Crippen MR) is 79.8 cm³/mol. The number of carbonyl (C=O) groups excluding carboxylic acids is 1. The Labute approximate surface area is 119 Å². The van der Waals surface area contributed by atoms with E-state index in [0.29, 0.717) is 0 Å². The maximum absolute atomic E-state index is 11.7. The largest absolute Gasteiger partial charge is 0.373 e. The van der Waals surface area contributed by atoms with Crippen LogP contribution in [-0.2, 0) is 11.2 Å². The van der Waals surface area contributed by atoms with Crippen LogP contribution in [0, 0.1) is 0 Å². The molecule has 0 spiro atoms. The molecule has 2 heterocycles. The van der Waals surface area contributed by atoms with Crippen molar-refractivity contribution in [2.45, 2.75) is 45.1 Å². The summed E-state index contributed by atoms with van der Waals surface area (Å²) < 4.78 is 0. The van der Waals surface area contributed by atoms with E-state index in [9.17, 15) is 4.79 Å². The Balaban J connectivity index is 2.41. The lowest BCUT2D eigenvalue weighted by molar-refractivity contribution is -0.119. The summed E-state index contributed by atoms with van der Waals surface area (Å²) in [7, 11) is 1.85. The van der Waals surface area contributed by atoms with Gasteiger partial charge in [0, 0.05) is 19.2 Å². The number of nitrogens with one attached hydrogen (secondary N) is 1. The summed E-state index contributed by atoms with van der Waals surface area (Å²) >= 11 is 0. The van der Waals surface area contributed by atoms with Crippen molar-refractivity contribution in [3.8, 4) is 0 Å². The fraction of sp³-hybridized carbons (Fsp3) is 0.643. The van der Waals surface area contributed by atoms with Crippen LogP contribution >= 0.6 is 0 Å². The van der Waals surface area contributed by atoms with Crippen LogP contribution in [0.15, 0.2) is 6.33 Å². The van der Waals surface area contributed by atoms with Crippen LogP contribution in [0.25, 0.3) is 0 Å². The van der Waals surface area contributed by atoms with Gasteiger partial charge in [-0.3, -0.25) is 4.79 Å². The number of nitrogens with two attached hydrogens (primary N) is 1. The number of aromatic nitrogens is 2. The molecule has 6 heteroatoms. The molecule has 2 rings (SSSR count). The summed E-state index contributed by atoms with van der Waals surface area (Å²) in [6.45, 7) is 2.95. The Morgan fingerprint density at radius 1 is 1.50 bits per heavy atom. The highest BCUT2D eigenvalue weighted by Gasteiger charge is 2.30. The Bertz CT molecular complexity index is 477. The van der Waals surface area contributed by atoms with Gasteiger partial charge in [-0.1, -0.05) is 13.3 Å². The Kier molecular flexibility index (Phi) is 4.76. The summed E-state index contributed by atoms with van der Waals surface area (Å²) in [5, 5.41) is 3.11. The van der Waals surface area contributed by atoms with E-state index in [1.807, 2.05) is 7.05 Å². The number of primary amides is 1. The van der Waals surface area contributed by atoms with E-state index >= 15 is 0 Å². The smallest absolute Gasteiger partial charge is 0.240 e. The summed E-state index contributed by atoms with van der Waals surface area (Å²) in [6.07, 6.45) is 6.34. The second-order valence-corrected chi connectivity index (χ2v) is 5.13. The number of amides is 1. The molecule has 1 amide bonds. The first-order valence-electron chi connectivity index (χ1n) is 7.26. The zero-order valence-electron chi connectivity index (χ0n) is 12.2. The van der Waals surface area contributed by atoms with Crippen LogP contribution < -0.4 is 16.0 Å². The van der Waals surface area contributed by atoms with Crippen LogP contribution in [0.5, 0.6) is 0 Å². The van der Waals surface area contributed by atoms with E-state index in [0.717, 1.165) is 55.8 Å². The van der Waals surface area contributed by atoms with Gasteiger partial charge in [-0.15, -0.1) is 0 Å². The number of hydrogen-bond acceptors (Lipinski definition) is 5. The average Bonchev–Trinajstić information content (AvgIpc) is 2.47. The van der Waals surface area contributed by atoms with Gasteiger partial charge in [-0.25, -0.2) is 9.97 Å². The molecule has 0 saturated carbocycles. The van der Waals surface area contributed by atoms with Gasteiger partial charge in [0.2, 0.25) is 5.91 Å². The van der Waals surface area contributed by atoms with Gasteiger partial charge < -0.3 is 16.0 Å². The molecule has 1 aromatic heterocycles. The monoisotopic (exact) mass is 277 g/mol. The van der Waals surface area contributed by atoms with Gasteiger partial charge in [0.25, 0.3) is 0 Å². The number of rotatable bonds is 5. The minimum atomic E-state index is -0.267. The molecule has 1 fully saturated rings. The highest BCUT2D eigenvalue weighted by atomic mass is 16.1. The molecule has 110 valence electrons. The van der Waals surface area contributed by atoms with Gasteiger partial charge in [0.15, 0.2) is 0 Å². The molecule has 20 heavy (non-hydrogen) atoms. The van der Waals surface area contributed by atoms with Gasteiger partial charge in [-0.05, 0) is 25.7 Å². The minimum Gasteiger partial charge on any atom is -0.373 e. The molecule has 6 nitrogen and oxygen atoms in total. The van der Waals surface area contributed by atoms with E-state index < -0.39 is 0 Å². The second-order valence-electron chi connectivity index (χ2n) is 5.13. The fourth-order valence-corrected chi connectivity index (χ4v) is 2.83. The molecule has 1 aliphatic rings. The van der Waals surface area contributed by atoms with Crippen LogP contribution in [-0.4, -0.2) is 35.5 Å². The third-order valence-electron chi connectivity index (χ3n) is 3.76. The van der Waals surface area contributed by atoms with Crippen molar-refractivity contribution in [2.24, 2.45) is 5.73 Å².